The SMILES string of the molecule is CC(C)(C)N(C(=O)c1sc(N)nc1-c1ccccc1)C(C)(C)C. The molecule has 0 atom stereocenters. The molecule has 0 aliphatic rings. The quantitative estimate of drug-likeness (QED) is 0.885. The molecule has 1 heterocycles. The molecule has 5 heteroatoms. The summed E-state index contributed by atoms with van der Waals surface area (Å²) >= 11 is 1.25. The van der Waals surface area contributed by atoms with Gasteiger partial charge in [-0.25, -0.2) is 4.98 Å². The molecule has 0 saturated carbocycles. The molecule has 2 N–H and O–H groups in total. The summed E-state index contributed by atoms with van der Waals surface area (Å²) < 4.78 is 0. The van der Waals surface area contributed by atoms with Crippen molar-refractivity contribution in [2.45, 2.75) is 52.6 Å². The van der Waals surface area contributed by atoms with Crippen molar-refractivity contribution in [2.24, 2.45) is 0 Å². The number of amides is 1. The van der Waals surface area contributed by atoms with Gasteiger partial charge in [0, 0.05) is 16.6 Å². The molecule has 0 aliphatic heterocycles. The first-order valence-electron chi connectivity index (χ1n) is 7.68. The minimum Gasteiger partial charge on any atom is -0.375 e. The smallest absolute Gasteiger partial charge is 0.267 e. The highest BCUT2D eigenvalue weighted by molar-refractivity contribution is 7.17. The first-order valence-corrected chi connectivity index (χ1v) is 8.50. The Kier molecular flexibility index (Phi) is 4.53. The van der Waals surface area contributed by atoms with Crippen molar-refractivity contribution in [1.29, 1.82) is 0 Å². The summed E-state index contributed by atoms with van der Waals surface area (Å²) in [5.74, 6) is -0.0296. The molecule has 0 radical (unpaired) electrons. The van der Waals surface area contributed by atoms with Crippen molar-refractivity contribution in [2.75, 3.05) is 5.73 Å². The summed E-state index contributed by atoms with van der Waals surface area (Å²) in [6.07, 6.45) is 0. The molecule has 0 aliphatic carbocycles. The minimum absolute atomic E-state index is 0.0296. The fourth-order valence-electron chi connectivity index (χ4n) is 2.99. The van der Waals surface area contributed by atoms with Gasteiger partial charge >= 0.3 is 0 Å². The Labute approximate surface area is 142 Å². The van der Waals surface area contributed by atoms with E-state index in [1.54, 1.807) is 0 Å². The zero-order valence-corrected chi connectivity index (χ0v) is 15.5. The number of anilines is 1. The number of hydrogen-bond acceptors (Lipinski definition) is 4. The average Bonchev–Trinajstić information content (AvgIpc) is 2.78. The molecule has 1 aromatic heterocycles. The summed E-state index contributed by atoms with van der Waals surface area (Å²) in [5, 5.41) is 0.412. The maximum absolute atomic E-state index is 13.3. The van der Waals surface area contributed by atoms with Crippen LogP contribution in [0.4, 0.5) is 5.13 Å². The molecule has 1 amide bonds. The first-order chi connectivity index (χ1) is 10.5. The van der Waals surface area contributed by atoms with Gasteiger partial charge in [-0.3, -0.25) is 4.79 Å². The monoisotopic (exact) mass is 331 g/mol. The van der Waals surface area contributed by atoms with E-state index >= 15 is 0 Å². The Bertz CT molecular complexity index is 679. The van der Waals surface area contributed by atoms with E-state index in [1.807, 2.05) is 76.8 Å². The Morgan fingerprint density at radius 1 is 1.04 bits per heavy atom. The normalized spacial score (nSPS) is 12.3. The van der Waals surface area contributed by atoms with Crippen molar-refractivity contribution in [3.8, 4) is 11.3 Å². The number of thiazole rings is 1. The average molecular weight is 331 g/mol. The molecule has 2 rings (SSSR count). The summed E-state index contributed by atoms with van der Waals surface area (Å²) in [7, 11) is 0. The summed E-state index contributed by atoms with van der Waals surface area (Å²) in [5.41, 5.74) is 6.87. The predicted octanol–water partition coefficient (Wildman–Crippen LogP) is 4.43. The third kappa shape index (κ3) is 3.72. The fraction of sp³-hybridized carbons (Fsp3) is 0.444. The minimum atomic E-state index is -0.304. The number of rotatable bonds is 2. The van der Waals surface area contributed by atoms with Gasteiger partial charge in [0.1, 0.15) is 4.88 Å². The molecule has 0 spiro atoms. The summed E-state index contributed by atoms with van der Waals surface area (Å²) in [4.78, 5) is 20.2. The van der Waals surface area contributed by atoms with Crippen LogP contribution in [0.1, 0.15) is 51.2 Å². The molecule has 124 valence electrons. The van der Waals surface area contributed by atoms with Crippen LogP contribution in [0.2, 0.25) is 0 Å². The highest BCUT2D eigenvalue weighted by atomic mass is 32.1. The van der Waals surface area contributed by atoms with Crippen molar-refractivity contribution in [1.82, 2.24) is 9.88 Å². The molecular formula is C18H25N3OS. The van der Waals surface area contributed by atoms with E-state index < -0.39 is 0 Å². The lowest BCUT2D eigenvalue weighted by Gasteiger charge is -2.45. The Hall–Kier alpha value is -1.88. The van der Waals surface area contributed by atoms with Gasteiger partial charge in [-0.05, 0) is 41.5 Å². The molecule has 1 aromatic carbocycles. The zero-order valence-electron chi connectivity index (χ0n) is 14.7. The lowest BCUT2D eigenvalue weighted by Crippen LogP contribution is -2.55. The third-order valence-electron chi connectivity index (χ3n) is 3.43. The topological polar surface area (TPSA) is 59.2 Å². The number of benzene rings is 1. The van der Waals surface area contributed by atoms with E-state index in [0.717, 1.165) is 5.56 Å². The molecule has 23 heavy (non-hydrogen) atoms. The van der Waals surface area contributed by atoms with Crippen LogP contribution in [-0.4, -0.2) is 26.9 Å². The van der Waals surface area contributed by atoms with Gasteiger partial charge in [-0.1, -0.05) is 41.7 Å². The standard InChI is InChI=1S/C18H25N3OS/c1-17(2,3)21(18(4,5)6)15(22)14-13(20-16(19)23-14)12-10-8-7-9-11-12/h7-11H,1-6H3,(H2,19,20). The number of aromatic nitrogens is 1. The summed E-state index contributed by atoms with van der Waals surface area (Å²) in [6, 6.07) is 9.71. The lowest BCUT2D eigenvalue weighted by atomic mass is 9.95. The van der Waals surface area contributed by atoms with Crippen LogP contribution < -0.4 is 5.73 Å². The first kappa shape index (κ1) is 17.5. The highest BCUT2D eigenvalue weighted by Gasteiger charge is 2.38. The van der Waals surface area contributed by atoms with Gasteiger partial charge < -0.3 is 10.6 Å². The van der Waals surface area contributed by atoms with Crippen molar-refractivity contribution in [3.05, 3.63) is 35.2 Å². The van der Waals surface area contributed by atoms with Gasteiger partial charge in [-0.2, -0.15) is 0 Å². The van der Waals surface area contributed by atoms with Crippen LogP contribution in [0.5, 0.6) is 0 Å². The number of carbonyl (C=O) groups excluding carboxylic acids is 1. The molecular weight excluding hydrogens is 306 g/mol. The Morgan fingerprint density at radius 3 is 2.04 bits per heavy atom. The van der Waals surface area contributed by atoms with Crippen molar-refractivity contribution in [3.63, 3.8) is 0 Å². The Morgan fingerprint density at radius 2 is 1.57 bits per heavy atom. The van der Waals surface area contributed by atoms with Gasteiger partial charge in [0.2, 0.25) is 0 Å². The second-order valence-corrected chi connectivity index (χ2v) is 8.61. The fourth-order valence-corrected chi connectivity index (χ4v) is 3.78. The molecule has 0 saturated heterocycles. The zero-order chi connectivity index (χ0) is 17.4. The molecule has 2 aromatic rings. The van der Waals surface area contributed by atoms with E-state index in [0.29, 0.717) is 15.7 Å². The molecule has 0 bridgehead atoms. The van der Waals surface area contributed by atoms with E-state index in [1.165, 1.54) is 11.3 Å². The van der Waals surface area contributed by atoms with Crippen LogP contribution in [0.15, 0.2) is 30.3 Å². The van der Waals surface area contributed by atoms with Crippen LogP contribution in [0.3, 0.4) is 0 Å². The molecule has 0 unspecified atom stereocenters. The molecule has 0 fully saturated rings. The number of carbonyl (C=O) groups is 1. The maximum Gasteiger partial charge on any atom is 0.267 e. The van der Waals surface area contributed by atoms with Crippen LogP contribution in [0, 0.1) is 0 Å². The van der Waals surface area contributed by atoms with E-state index in [4.69, 9.17) is 5.73 Å². The van der Waals surface area contributed by atoms with Crippen molar-refractivity contribution < 1.29 is 4.79 Å². The number of hydrogen-bond donors (Lipinski definition) is 1. The second kappa shape index (κ2) is 5.96. The lowest BCUT2D eigenvalue weighted by molar-refractivity contribution is 0.0276. The maximum atomic E-state index is 13.3. The van der Waals surface area contributed by atoms with Crippen molar-refractivity contribution >= 4 is 22.4 Å². The Balaban J connectivity index is 2.56. The molecule has 4 nitrogen and oxygen atoms in total. The van der Waals surface area contributed by atoms with Gasteiger partial charge in [0.15, 0.2) is 5.13 Å². The van der Waals surface area contributed by atoms with E-state index in [-0.39, 0.29) is 17.0 Å². The highest BCUT2D eigenvalue weighted by Crippen LogP contribution is 2.35. The third-order valence-corrected chi connectivity index (χ3v) is 4.30. The van der Waals surface area contributed by atoms with Gasteiger partial charge in [0.05, 0.1) is 5.69 Å². The van der Waals surface area contributed by atoms with Gasteiger partial charge in [-0.15, -0.1) is 0 Å². The van der Waals surface area contributed by atoms with Crippen LogP contribution in [0.25, 0.3) is 11.3 Å². The van der Waals surface area contributed by atoms with Crippen LogP contribution >= 0.6 is 11.3 Å². The predicted molar refractivity (Wildman–Crippen MR) is 97.6 cm³/mol. The van der Waals surface area contributed by atoms with E-state index in [2.05, 4.69) is 4.98 Å². The summed E-state index contributed by atoms with van der Waals surface area (Å²) in [6.45, 7) is 12.3. The van der Waals surface area contributed by atoms with E-state index in [9.17, 15) is 4.79 Å². The number of nitrogen functional groups attached to an aromatic ring is 1. The largest absolute Gasteiger partial charge is 0.375 e. The number of nitrogens with zero attached hydrogens (tertiary/aromatic N) is 2. The van der Waals surface area contributed by atoms with Gasteiger partial charge in [0.25, 0.3) is 5.91 Å². The number of nitrogens with two attached hydrogens (primary N) is 1. The second-order valence-electron chi connectivity index (χ2n) is 7.58. The van der Waals surface area contributed by atoms with Crippen LogP contribution in [-0.2, 0) is 0 Å².